The van der Waals surface area contributed by atoms with Gasteiger partial charge in [0.05, 0.1) is 25.1 Å². The van der Waals surface area contributed by atoms with Gasteiger partial charge < -0.3 is 29.9 Å². The highest BCUT2D eigenvalue weighted by Crippen LogP contribution is 2.19. The van der Waals surface area contributed by atoms with E-state index >= 15 is 0 Å². The van der Waals surface area contributed by atoms with Crippen LogP contribution in [0.3, 0.4) is 0 Å². The molecule has 2 aliphatic heterocycles. The molecule has 41 heavy (non-hydrogen) atoms. The molecule has 2 aliphatic rings. The van der Waals surface area contributed by atoms with Crippen molar-refractivity contribution in [1.29, 1.82) is 0 Å². The zero-order valence-electron chi connectivity index (χ0n) is 23.7. The molecule has 0 saturated carbocycles. The summed E-state index contributed by atoms with van der Waals surface area (Å²) >= 11 is 0. The lowest BCUT2D eigenvalue weighted by Gasteiger charge is -2.36. The van der Waals surface area contributed by atoms with Gasteiger partial charge in [-0.15, -0.1) is 0 Å². The fourth-order valence-corrected chi connectivity index (χ4v) is 5.01. The Morgan fingerprint density at radius 1 is 0.951 bits per heavy atom. The third-order valence-corrected chi connectivity index (χ3v) is 7.40. The maximum atomic E-state index is 13.7. The molecule has 1 fully saturated rings. The van der Waals surface area contributed by atoms with E-state index in [4.69, 9.17) is 9.47 Å². The molecule has 2 atom stereocenters. The van der Waals surface area contributed by atoms with Crippen molar-refractivity contribution in [3.05, 3.63) is 65.7 Å². The van der Waals surface area contributed by atoms with E-state index in [9.17, 15) is 19.2 Å². The summed E-state index contributed by atoms with van der Waals surface area (Å²) in [6.07, 6.45) is -0.0202. The third-order valence-electron chi connectivity index (χ3n) is 7.40. The van der Waals surface area contributed by atoms with Crippen LogP contribution in [0.15, 0.2) is 54.6 Å². The van der Waals surface area contributed by atoms with Crippen molar-refractivity contribution in [3.63, 3.8) is 0 Å². The molecule has 2 aromatic carbocycles. The first-order chi connectivity index (χ1) is 19.9. The minimum atomic E-state index is -1.12. The standard InChI is InChI=1S/C30H39N5O6/c1-33-16-19-41-26-11-7-6-10-23(26)28(37)32-25(30(39)35-14-12-34(13-15-35)17-18-40-2)21-27(36)31-24(29(33)38)20-22-8-4-3-5-9-22/h3-11,24-25H,12-21H2,1-2H3,(H,31,36)(H,32,37)/t24-,25+/m1/s1. The number of para-hydroxylation sites is 1. The van der Waals surface area contributed by atoms with Crippen molar-refractivity contribution in [1.82, 2.24) is 25.3 Å². The first kappa shape index (κ1) is 30.0. The molecule has 2 aromatic rings. The second kappa shape index (κ2) is 14.6. The van der Waals surface area contributed by atoms with Crippen molar-refractivity contribution in [2.45, 2.75) is 24.9 Å². The summed E-state index contributed by atoms with van der Waals surface area (Å²) < 4.78 is 11.1. The van der Waals surface area contributed by atoms with Gasteiger partial charge in [0.25, 0.3) is 5.91 Å². The number of amides is 4. The van der Waals surface area contributed by atoms with E-state index in [1.807, 2.05) is 30.3 Å². The van der Waals surface area contributed by atoms with Gasteiger partial charge in [-0.3, -0.25) is 24.1 Å². The number of methoxy groups -OCH3 is 1. The Morgan fingerprint density at radius 2 is 1.66 bits per heavy atom. The zero-order chi connectivity index (χ0) is 29.2. The van der Waals surface area contributed by atoms with Gasteiger partial charge >= 0.3 is 0 Å². The van der Waals surface area contributed by atoms with Crippen LogP contribution >= 0.6 is 0 Å². The molecule has 2 heterocycles. The van der Waals surface area contributed by atoms with Crippen molar-refractivity contribution in [2.75, 3.05) is 66.6 Å². The average molecular weight is 566 g/mol. The van der Waals surface area contributed by atoms with Crippen LogP contribution in [0.1, 0.15) is 22.3 Å². The van der Waals surface area contributed by atoms with E-state index in [2.05, 4.69) is 15.5 Å². The van der Waals surface area contributed by atoms with Gasteiger partial charge in [-0.2, -0.15) is 0 Å². The quantitative estimate of drug-likeness (QED) is 0.525. The monoisotopic (exact) mass is 565 g/mol. The van der Waals surface area contributed by atoms with E-state index in [-0.39, 0.29) is 43.4 Å². The number of fused-ring (bicyclic) bond motifs is 1. The van der Waals surface area contributed by atoms with Crippen LogP contribution in [0.5, 0.6) is 5.75 Å². The van der Waals surface area contributed by atoms with Gasteiger partial charge in [-0.1, -0.05) is 42.5 Å². The lowest BCUT2D eigenvalue weighted by atomic mass is 10.0. The van der Waals surface area contributed by atoms with Crippen LogP contribution in [0.2, 0.25) is 0 Å². The Balaban J connectivity index is 1.57. The van der Waals surface area contributed by atoms with Crippen LogP contribution in [0, 0.1) is 0 Å². The van der Waals surface area contributed by atoms with Crippen LogP contribution < -0.4 is 15.4 Å². The van der Waals surface area contributed by atoms with Crippen molar-refractivity contribution in [2.24, 2.45) is 0 Å². The summed E-state index contributed by atoms with van der Waals surface area (Å²) in [6, 6.07) is 14.2. The number of carbonyl (C=O) groups is 4. The number of likely N-dealkylation sites (N-methyl/N-ethyl adjacent to an activating group) is 1. The predicted octanol–water partition coefficient (Wildman–Crippen LogP) is 0.544. The smallest absolute Gasteiger partial charge is 0.255 e. The van der Waals surface area contributed by atoms with Crippen LogP contribution in [-0.4, -0.2) is 117 Å². The van der Waals surface area contributed by atoms with Crippen LogP contribution in [0.4, 0.5) is 0 Å². The lowest BCUT2D eigenvalue weighted by molar-refractivity contribution is -0.138. The van der Waals surface area contributed by atoms with E-state index in [0.29, 0.717) is 38.5 Å². The Morgan fingerprint density at radius 3 is 2.39 bits per heavy atom. The topological polar surface area (TPSA) is 121 Å². The summed E-state index contributed by atoms with van der Waals surface area (Å²) in [5, 5.41) is 5.62. The van der Waals surface area contributed by atoms with Gasteiger partial charge in [0.15, 0.2) is 0 Å². The van der Waals surface area contributed by atoms with Crippen molar-refractivity contribution in [3.8, 4) is 5.75 Å². The van der Waals surface area contributed by atoms with Gasteiger partial charge in [0, 0.05) is 53.3 Å². The van der Waals surface area contributed by atoms with Gasteiger partial charge in [-0.05, 0) is 17.7 Å². The maximum absolute atomic E-state index is 13.7. The normalized spacial score (nSPS) is 21.3. The highest BCUT2D eigenvalue weighted by atomic mass is 16.5. The number of piperazine rings is 1. The zero-order valence-corrected chi connectivity index (χ0v) is 23.7. The predicted molar refractivity (Wildman–Crippen MR) is 152 cm³/mol. The summed E-state index contributed by atoms with van der Waals surface area (Å²) in [5.74, 6) is -1.27. The highest BCUT2D eigenvalue weighted by molar-refractivity contribution is 6.01. The van der Waals surface area contributed by atoms with Gasteiger partial charge in [0.1, 0.15) is 24.4 Å². The van der Waals surface area contributed by atoms with Gasteiger partial charge in [0.2, 0.25) is 17.7 Å². The number of nitrogens with zero attached hydrogens (tertiary/aromatic N) is 3. The molecule has 2 N–H and O–H groups in total. The summed E-state index contributed by atoms with van der Waals surface area (Å²) in [7, 11) is 3.30. The Kier molecular flexibility index (Phi) is 10.7. The van der Waals surface area contributed by atoms with E-state index < -0.39 is 23.9 Å². The molecule has 0 aliphatic carbocycles. The molecular weight excluding hydrogens is 526 g/mol. The largest absolute Gasteiger partial charge is 0.491 e. The van der Waals surface area contributed by atoms with E-state index in [1.165, 1.54) is 4.90 Å². The van der Waals surface area contributed by atoms with E-state index in [0.717, 1.165) is 12.1 Å². The number of ether oxygens (including phenoxy) is 2. The van der Waals surface area contributed by atoms with Crippen LogP contribution in [0.25, 0.3) is 0 Å². The molecule has 4 rings (SSSR count). The molecule has 11 heteroatoms. The summed E-state index contributed by atoms with van der Waals surface area (Å²) in [6.45, 7) is 4.04. The Bertz CT molecular complexity index is 1200. The second-order valence-electron chi connectivity index (χ2n) is 10.3. The molecule has 1 saturated heterocycles. The molecule has 0 radical (unpaired) electrons. The van der Waals surface area contributed by atoms with Crippen molar-refractivity contribution >= 4 is 23.6 Å². The Labute approximate surface area is 240 Å². The Hall–Kier alpha value is -3.96. The average Bonchev–Trinajstić information content (AvgIpc) is 2.99. The molecular formula is C30H39N5O6. The number of nitrogens with one attached hydrogen (secondary N) is 2. The van der Waals surface area contributed by atoms with Crippen molar-refractivity contribution < 1.29 is 28.7 Å². The second-order valence-corrected chi connectivity index (χ2v) is 10.3. The number of benzene rings is 2. The molecule has 220 valence electrons. The molecule has 11 nitrogen and oxygen atoms in total. The minimum absolute atomic E-state index is 0.147. The fourth-order valence-electron chi connectivity index (χ4n) is 5.01. The van der Waals surface area contributed by atoms with E-state index in [1.54, 1.807) is 43.3 Å². The molecule has 0 bridgehead atoms. The van der Waals surface area contributed by atoms with Gasteiger partial charge in [-0.25, -0.2) is 0 Å². The number of rotatable bonds is 6. The fraction of sp³-hybridized carbons (Fsp3) is 0.467. The maximum Gasteiger partial charge on any atom is 0.255 e. The first-order valence-corrected chi connectivity index (χ1v) is 14.0. The molecule has 0 unspecified atom stereocenters. The number of carbonyl (C=O) groups excluding carboxylic acids is 4. The summed E-state index contributed by atoms with van der Waals surface area (Å²) in [5.41, 5.74) is 1.14. The van der Waals surface area contributed by atoms with Crippen LogP contribution in [-0.2, 0) is 25.5 Å². The summed E-state index contributed by atoms with van der Waals surface area (Å²) in [4.78, 5) is 59.3. The minimum Gasteiger partial charge on any atom is -0.491 e. The first-order valence-electron chi connectivity index (χ1n) is 14.0. The lowest BCUT2D eigenvalue weighted by Crippen LogP contribution is -2.57. The number of hydrogen-bond acceptors (Lipinski definition) is 7. The SMILES string of the molecule is COCCN1CCN(C(=O)[C@@H]2CC(=O)N[C@H](Cc3ccccc3)C(=O)N(C)CCOc3ccccc3C(=O)N2)CC1. The molecule has 0 spiro atoms. The number of hydrogen-bond donors (Lipinski definition) is 2. The third kappa shape index (κ3) is 8.27. The highest BCUT2D eigenvalue weighted by Gasteiger charge is 2.33. The molecule has 4 amide bonds. The molecule has 0 aromatic heterocycles.